The highest BCUT2D eigenvalue weighted by Gasteiger charge is 2.36. The van der Waals surface area contributed by atoms with E-state index in [-0.39, 0.29) is 0 Å². The number of hydrogen-bond acceptors (Lipinski definition) is 3. The molecule has 102 valence electrons. The number of imidazole rings is 1. The predicted octanol–water partition coefficient (Wildman–Crippen LogP) is 2.15. The van der Waals surface area contributed by atoms with E-state index in [4.69, 9.17) is 12.2 Å². The molecule has 1 unspecified atom stereocenters. The molecule has 2 aromatic rings. The van der Waals surface area contributed by atoms with E-state index in [2.05, 4.69) is 19.5 Å². The lowest BCUT2D eigenvalue weighted by atomic mass is 10.2. The molecule has 0 radical (unpaired) electrons. The van der Waals surface area contributed by atoms with Gasteiger partial charge in [-0.2, -0.15) is 5.10 Å². The molecule has 2 aliphatic rings. The Kier molecular flexibility index (Phi) is 2.41. The molecule has 4 rings (SSSR count). The lowest BCUT2D eigenvalue weighted by Gasteiger charge is -2.16. The van der Waals surface area contributed by atoms with Crippen LogP contribution in [0.1, 0.15) is 31.0 Å². The molecule has 2 aromatic heterocycles. The molecule has 1 aliphatic carbocycles. The quantitative estimate of drug-likeness (QED) is 0.855. The number of aryl methyl sites for hydroxylation is 2. The van der Waals surface area contributed by atoms with Crippen molar-refractivity contribution in [2.45, 2.75) is 38.3 Å². The summed E-state index contributed by atoms with van der Waals surface area (Å²) in [4.78, 5) is 5.95. The van der Waals surface area contributed by atoms with Crippen LogP contribution in [0.5, 0.6) is 0 Å². The Morgan fingerprint density at radius 2 is 2.05 bits per heavy atom. The highest BCUT2D eigenvalue weighted by atomic mass is 32.1. The Labute approximate surface area is 117 Å². The fourth-order valence-corrected chi connectivity index (χ4v) is 3.76. The predicted molar refractivity (Wildman–Crippen MR) is 76.9 cm³/mol. The third-order valence-corrected chi connectivity index (χ3v) is 4.79. The van der Waals surface area contributed by atoms with Gasteiger partial charge in [-0.1, -0.05) is 0 Å². The normalized spacial score (nSPS) is 24.6. The molecule has 3 heterocycles. The molecule has 0 bridgehead atoms. The topological polar surface area (TPSA) is 41.8 Å². The van der Waals surface area contributed by atoms with Gasteiger partial charge < -0.3 is 4.98 Å². The summed E-state index contributed by atoms with van der Waals surface area (Å²) in [6.45, 7) is 4.37. The van der Waals surface area contributed by atoms with Crippen LogP contribution in [0.2, 0.25) is 0 Å². The van der Waals surface area contributed by atoms with Gasteiger partial charge in [0.05, 0.1) is 11.7 Å². The Bertz CT molecular complexity index is 690. The van der Waals surface area contributed by atoms with Crippen molar-refractivity contribution >= 4 is 23.4 Å². The molecule has 1 saturated carbocycles. The van der Waals surface area contributed by atoms with Crippen molar-refractivity contribution in [3.05, 3.63) is 10.5 Å². The van der Waals surface area contributed by atoms with Gasteiger partial charge in [-0.3, -0.25) is 14.1 Å². The van der Waals surface area contributed by atoms with E-state index in [0.29, 0.717) is 6.04 Å². The number of aromatic amines is 1. The van der Waals surface area contributed by atoms with E-state index >= 15 is 0 Å². The van der Waals surface area contributed by atoms with E-state index in [1.807, 2.05) is 18.7 Å². The third-order valence-electron chi connectivity index (χ3n) is 4.49. The number of hydrogen-bond donors (Lipinski definition) is 1. The number of fused-ring (bicyclic) bond motifs is 1. The van der Waals surface area contributed by atoms with Gasteiger partial charge in [-0.05, 0) is 38.4 Å². The Morgan fingerprint density at radius 3 is 2.79 bits per heavy atom. The van der Waals surface area contributed by atoms with Crippen molar-refractivity contribution in [1.82, 2.24) is 24.2 Å². The van der Waals surface area contributed by atoms with Gasteiger partial charge in [0, 0.05) is 26.2 Å². The van der Waals surface area contributed by atoms with E-state index in [0.717, 1.165) is 34.2 Å². The summed E-state index contributed by atoms with van der Waals surface area (Å²) in [5.41, 5.74) is 3.27. The molecule has 0 aromatic carbocycles. The maximum Gasteiger partial charge on any atom is 0.179 e. The first-order chi connectivity index (χ1) is 9.15. The molecule has 19 heavy (non-hydrogen) atoms. The number of rotatable bonds is 2. The van der Waals surface area contributed by atoms with Gasteiger partial charge in [-0.25, -0.2) is 0 Å². The molecular weight excluding hydrogens is 258 g/mol. The highest BCUT2D eigenvalue weighted by molar-refractivity contribution is 7.71. The average molecular weight is 277 g/mol. The number of aromatic nitrogens is 4. The van der Waals surface area contributed by atoms with Crippen LogP contribution in [0.15, 0.2) is 0 Å². The second kappa shape index (κ2) is 3.93. The van der Waals surface area contributed by atoms with E-state index in [9.17, 15) is 0 Å². The van der Waals surface area contributed by atoms with Crippen LogP contribution in [0.25, 0.3) is 11.2 Å². The molecule has 1 N–H and O–H groups in total. The average Bonchev–Trinajstić information content (AvgIpc) is 2.91. The van der Waals surface area contributed by atoms with Crippen molar-refractivity contribution in [2.75, 3.05) is 13.1 Å². The molecule has 1 aliphatic heterocycles. The monoisotopic (exact) mass is 277 g/mol. The van der Waals surface area contributed by atoms with Crippen molar-refractivity contribution in [2.24, 2.45) is 7.05 Å². The van der Waals surface area contributed by atoms with Gasteiger partial charge in [0.2, 0.25) is 0 Å². The summed E-state index contributed by atoms with van der Waals surface area (Å²) >= 11 is 5.53. The molecular formula is C13H19N5S. The SMILES string of the molecule is Cc1nn(C)c2c1[nH]c(=S)n2C1CCN(C2CC2)C1. The summed E-state index contributed by atoms with van der Waals surface area (Å²) in [5.74, 6) is 0. The van der Waals surface area contributed by atoms with Crippen LogP contribution in [-0.2, 0) is 7.05 Å². The third kappa shape index (κ3) is 1.70. The molecule has 1 atom stereocenters. The fraction of sp³-hybridized carbons (Fsp3) is 0.692. The van der Waals surface area contributed by atoms with Gasteiger partial charge >= 0.3 is 0 Å². The number of likely N-dealkylation sites (tertiary alicyclic amines) is 1. The zero-order valence-corrected chi connectivity index (χ0v) is 12.2. The molecule has 1 saturated heterocycles. The van der Waals surface area contributed by atoms with Crippen LogP contribution < -0.4 is 0 Å². The zero-order valence-electron chi connectivity index (χ0n) is 11.4. The highest BCUT2D eigenvalue weighted by Crippen LogP contribution is 2.34. The molecule has 5 nitrogen and oxygen atoms in total. The fourth-order valence-electron chi connectivity index (χ4n) is 3.42. The molecule has 0 spiro atoms. The summed E-state index contributed by atoms with van der Waals surface area (Å²) in [6.07, 6.45) is 3.96. The van der Waals surface area contributed by atoms with Crippen LogP contribution in [0.3, 0.4) is 0 Å². The number of nitrogens with zero attached hydrogens (tertiary/aromatic N) is 4. The first-order valence-corrected chi connectivity index (χ1v) is 7.44. The summed E-state index contributed by atoms with van der Waals surface area (Å²) in [7, 11) is 2.00. The number of H-pyrrole nitrogens is 1. The Morgan fingerprint density at radius 1 is 1.26 bits per heavy atom. The minimum absolute atomic E-state index is 0.497. The second-order valence-corrected chi connectivity index (χ2v) is 6.26. The first-order valence-electron chi connectivity index (χ1n) is 7.03. The van der Waals surface area contributed by atoms with Crippen molar-refractivity contribution < 1.29 is 0 Å². The minimum Gasteiger partial charge on any atom is -0.328 e. The molecule has 6 heteroatoms. The van der Waals surface area contributed by atoms with Crippen LogP contribution in [-0.4, -0.2) is 43.4 Å². The standard InChI is InChI=1S/C13H19N5S/c1-8-11-12(16(2)15-8)18(13(19)14-11)10-5-6-17(7-10)9-3-4-9/h9-10H,3-7H2,1-2H3,(H,14,19). The summed E-state index contributed by atoms with van der Waals surface area (Å²) in [5, 5.41) is 4.49. The van der Waals surface area contributed by atoms with Crippen LogP contribution >= 0.6 is 12.2 Å². The van der Waals surface area contributed by atoms with Crippen molar-refractivity contribution in [3.8, 4) is 0 Å². The van der Waals surface area contributed by atoms with Gasteiger partial charge in [0.1, 0.15) is 5.52 Å². The Hall–Kier alpha value is -1.14. The van der Waals surface area contributed by atoms with Crippen LogP contribution in [0, 0.1) is 11.7 Å². The van der Waals surface area contributed by atoms with Crippen molar-refractivity contribution in [1.29, 1.82) is 0 Å². The summed E-state index contributed by atoms with van der Waals surface area (Å²) < 4.78 is 5.08. The van der Waals surface area contributed by atoms with Gasteiger partial charge in [-0.15, -0.1) is 0 Å². The van der Waals surface area contributed by atoms with Crippen LogP contribution in [0.4, 0.5) is 0 Å². The maximum absolute atomic E-state index is 5.53. The van der Waals surface area contributed by atoms with Gasteiger partial charge in [0.25, 0.3) is 0 Å². The van der Waals surface area contributed by atoms with E-state index < -0.39 is 0 Å². The first kappa shape index (κ1) is 11.7. The van der Waals surface area contributed by atoms with Crippen molar-refractivity contribution in [3.63, 3.8) is 0 Å². The van der Waals surface area contributed by atoms with E-state index in [1.165, 1.54) is 25.8 Å². The summed E-state index contributed by atoms with van der Waals surface area (Å²) in [6, 6.07) is 1.35. The zero-order chi connectivity index (χ0) is 13.1. The van der Waals surface area contributed by atoms with Gasteiger partial charge in [0.15, 0.2) is 10.4 Å². The number of nitrogens with one attached hydrogen (secondary N) is 1. The Balaban J connectivity index is 1.78. The minimum atomic E-state index is 0.497. The van der Waals surface area contributed by atoms with E-state index in [1.54, 1.807) is 0 Å². The lowest BCUT2D eigenvalue weighted by molar-refractivity contribution is 0.314. The largest absolute Gasteiger partial charge is 0.328 e. The lowest BCUT2D eigenvalue weighted by Crippen LogP contribution is -2.24. The molecule has 2 fully saturated rings. The maximum atomic E-state index is 5.53. The molecule has 0 amide bonds. The second-order valence-electron chi connectivity index (χ2n) is 5.88. The smallest absolute Gasteiger partial charge is 0.179 e.